The number of carbonyl (C=O) groups excluding carboxylic acids is 1. The van der Waals surface area contributed by atoms with Gasteiger partial charge in [0.2, 0.25) is 5.91 Å². The van der Waals surface area contributed by atoms with Crippen molar-refractivity contribution < 1.29 is 4.79 Å². The van der Waals surface area contributed by atoms with Gasteiger partial charge in [0.25, 0.3) is 0 Å². The molecular weight excluding hydrogens is 354 g/mol. The van der Waals surface area contributed by atoms with Crippen LogP contribution in [-0.2, 0) is 4.79 Å². The summed E-state index contributed by atoms with van der Waals surface area (Å²) in [6, 6.07) is 8.76. The summed E-state index contributed by atoms with van der Waals surface area (Å²) in [6.45, 7) is 5.29. The molecule has 0 spiro atoms. The number of rotatable bonds is 7. The van der Waals surface area contributed by atoms with E-state index in [4.69, 9.17) is 4.99 Å². The lowest BCUT2D eigenvalue weighted by Crippen LogP contribution is -2.38. The minimum atomic E-state index is 0.102. The lowest BCUT2D eigenvalue weighted by molar-refractivity contribution is -0.116. The van der Waals surface area contributed by atoms with Gasteiger partial charge in [0.1, 0.15) is 0 Å². The van der Waals surface area contributed by atoms with Crippen LogP contribution in [0, 0.1) is 6.92 Å². The van der Waals surface area contributed by atoms with Crippen LogP contribution in [0.1, 0.15) is 63.9 Å². The van der Waals surface area contributed by atoms with Crippen molar-refractivity contribution in [1.29, 1.82) is 0 Å². The number of unbranched alkanes of at least 4 members (excludes halogenated alkanes) is 1. The Hall–Kier alpha value is -1.49. The number of aliphatic imine (C=N–C) groups is 1. The minimum absolute atomic E-state index is 0.102. The number of amides is 1. The lowest BCUT2D eigenvalue weighted by atomic mass is 9.96. The van der Waals surface area contributed by atoms with E-state index in [0.717, 1.165) is 24.4 Å². The fourth-order valence-corrected chi connectivity index (χ4v) is 5.09. The van der Waals surface area contributed by atoms with Gasteiger partial charge in [-0.1, -0.05) is 62.1 Å². The zero-order chi connectivity index (χ0) is 19.1. The largest absolute Gasteiger partial charge is 0.347 e. The monoisotopic (exact) mass is 387 g/mol. The van der Waals surface area contributed by atoms with Crippen LogP contribution in [0.4, 0.5) is 5.69 Å². The van der Waals surface area contributed by atoms with Crippen LogP contribution in [0.5, 0.6) is 0 Å². The van der Waals surface area contributed by atoms with E-state index >= 15 is 0 Å². The van der Waals surface area contributed by atoms with E-state index in [2.05, 4.69) is 24.1 Å². The highest BCUT2D eigenvalue weighted by Gasteiger charge is 2.32. The molecular formula is C22H33N3OS. The summed E-state index contributed by atoms with van der Waals surface area (Å²) in [7, 11) is 0. The molecule has 0 aromatic heterocycles. The summed E-state index contributed by atoms with van der Waals surface area (Å²) >= 11 is 1.85. The van der Waals surface area contributed by atoms with E-state index in [9.17, 15) is 4.79 Å². The molecule has 27 heavy (non-hydrogen) atoms. The highest BCUT2D eigenvalue weighted by Crippen LogP contribution is 2.30. The SMILES string of the molecule is CCCCN1C(=NC2CCCCC2)SCC1CC(=O)Nc1ccc(C)cc1. The maximum Gasteiger partial charge on any atom is 0.226 e. The lowest BCUT2D eigenvalue weighted by Gasteiger charge is -2.27. The van der Waals surface area contributed by atoms with Crippen molar-refractivity contribution in [3.05, 3.63) is 29.8 Å². The van der Waals surface area contributed by atoms with Gasteiger partial charge in [0.05, 0.1) is 6.04 Å². The van der Waals surface area contributed by atoms with Crippen molar-refractivity contribution in [2.75, 3.05) is 17.6 Å². The molecule has 0 bridgehead atoms. The second-order valence-corrected chi connectivity index (χ2v) is 8.82. The smallest absolute Gasteiger partial charge is 0.226 e. The molecule has 148 valence electrons. The molecule has 1 heterocycles. The first-order valence-corrected chi connectivity index (χ1v) is 11.5. The van der Waals surface area contributed by atoms with Crippen molar-refractivity contribution >= 4 is 28.5 Å². The molecule has 1 atom stereocenters. The van der Waals surface area contributed by atoms with Crippen LogP contribution in [0.3, 0.4) is 0 Å². The maximum absolute atomic E-state index is 12.6. The molecule has 1 aromatic carbocycles. The fraction of sp³-hybridized carbons (Fsp3) is 0.636. The Morgan fingerprint density at radius 1 is 1.22 bits per heavy atom. The number of thioether (sulfide) groups is 1. The van der Waals surface area contributed by atoms with E-state index in [1.807, 2.05) is 36.0 Å². The zero-order valence-electron chi connectivity index (χ0n) is 16.7. The van der Waals surface area contributed by atoms with Gasteiger partial charge in [-0.2, -0.15) is 0 Å². The molecule has 3 rings (SSSR count). The number of benzene rings is 1. The average Bonchev–Trinajstić information content (AvgIpc) is 3.03. The zero-order valence-corrected chi connectivity index (χ0v) is 17.6. The number of carbonyl (C=O) groups is 1. The van der Waals surface area contributed by atoms with Gasteiger partial charge in [-0.15, -0.1) is 0 Å². The number of nitrogens with one attached hydrogen (secondary N) is 1. The Bertz CT molecular complexity index is 637. The standard InChI is InChI=1S/C22H33N3OS/c1-3-4-14-25-20(15-21(26)23-19-12-10-17(2)11-13-19)16-27-22(25)24-18-8-6-5-7-9-18/h10-13,18,20H,3-9,14-16H2,1-2H3,(H,23,26). The number of hydrogen-bond donors (Lipinski definition) is 1. The number of amidine groups is 1. The first-order valence-electron chi connectivity index (χ1n) is 10.5. The number of anilines is 1. The van der Waals surface area contributed by atoms with Gasteiger partial charge in [-0.3, -0.25) is 9.79 Å². The Kier molecular flexibility index (Phi) is 7.62. The van der Waals surface area contributed by atoms with Gasteiger partial charge in [0.15, 0.2) is 5.17 Å². The molecule has 1 aliphatic carbocycles. The van der Waals surface area contributed by atoms with E-state index in [1.165, 1.54) is 49.3 Å². The third-order valence-corrected chi connectivity index (χ3v) is 6.62. The Morgan fingerprint density at radius 2 is 1.96 bits per heavy atom. The summed E-state index contributed by atoms with van der Waals surface area (Å²) in [4.78, 5) is 20.1. The Balaban J connectivity index is 1.61. The van der Waals surface area contributed by atoms with Crippen LogP contribution >= 0.6 is 11.8 Å². The van der Waals surface area contributed by atoms with Gasteiger partial charge in [-0.25, -0.2) is 0 Å². The third kappa shape index (κ3) is 6.00. The molecule has 1 amide bonds. The van der Waals surface area contributed by atoms with Crippen molar-refractivity contribution in [2.45, 2.75) is 77.3 Å². The van der Waals surface area contributed by atoms with E-state index in [-0.39, 0.29) is 11.9 Å². The summed E-state index contributed by atoms with van der Waals surface area (Å²) in [6.07, 6.45) is 9.28. The first-order chi connectivity index (χ1) is 13.2. The highest BCUT2D eigenvalue weighted by molar-refractivity contribution is 8.14. The second-order valence-electron chi connectivity index (χ2n) is 7.83. The van der Waals surface area contributed by atoms with Gasteiger partial charge in [-0.05, 0) is 38.3 Å². The van der Waals surface area contributed by atoms with Crippen molar-refractivity contribution in [1.82, 2.24) is 4.90 Å². The Morgan fingerprint density at radius 3 is 2.67 bits per heavy atom. The van der Waals surface area contributed by atoms with Crippen LogP contribution in [0.25, 0.3) is 0 Å². The molecule has 0 radical (unpaired) electrons. The number of aryl methyl sites for hydroxylation is 1. The average molecular weight is 388 g/mol. The predicted molar refractivity (Wildman–Crippen MR) is 117 cm³/mol. The summed E-state index contributed by atoms with van der Waals surface area (Å²) in [5, 5.41) is 4.24. The topological polar surface area (TPSA) is 44.7 Å². The maximum atomic E-state index is 12.6. The molecule has 1 unspecified atom stereocenters. The van der Waals surface area contributed by atoms with Crippen LogP contribution in [0.2, 0.25) is 0 Å². The first kappa shape index (κ1) is 20.2. The summed E-state index contributed by atoms with van der Waals surface area (Å²) in [5.41, 5.74) is 2.09. The predicted octanol–water partition coefficient (Wildman–Crippen LogP) is 5.23. The fourth-order valence-electron chi connectivity index (χ4n) is 3.82. The van der Waals surface area contributed by atoms with Gasteiger partial charge >= 0.3 is 0 Å². The van der Waals surface area contributed by atoms with Gasteiger partial charge < -0.3 is 10.2 Å². The molecule has 2 fully saturated rings. The Labute approximate surface area is 168 Å². The van der Waals surface area contributed by atoms with Gasteiger partial charge in [0, 0.05) is 30.4 Å². The molecule has 1 saturated carbocycles. The molecule has 1 saturated heterocycles. The van der Waals surface area contributed by atoms with E-state index in [0.29, 0.717) is 12.5 Å². The molecule has 2 aliphatic rings. The molecule has 5 heteroatoms. The summed E-state index contributed by atoms with van der Waals surface area (Å²) in [5.74, 6) is 1.07. The summed E-state index contributed by atoms with van der Waals surface area (Å²) < 4.78 is 0. The molecule has 1 aromatic rings. The highest BCUT2D eigenvalue weighted by atomic mass is 32.2. The van der Waals surface area contributed by atoms with Crippen molar-refractivity contribution in [2.24, 2.45) is 4.99 Å². The molecule has 1 aliphatic heterocycles. The number of nitrogens with zero attached hydrogens (tertiary/aromatic N) is 2. The van der Waals surface area contributed by atoms with Crippen LogP contribution in [0.15, 0.2) is 29.3 Å². The van der Waals surface area contributed by atoms with E-state index < -0.39 is 0 Å². The molecule has 1 N–H and O–H groups in total. The van der Waals surface area contributed by atoms with Crippen molar-refractivity contribution in [3.63, 3.8) is 0 Å². The normalized spacial score (nSPS) is 22.4. The third-order valence-electron chi connectivity index (χ3n) is 5.47. The second kappa shape index (κ2) is 10.2. The number of hydrogen-bond acceptors (Lipinski definition) is 3. The van der Waals surface area contributed by atoms with Crippen LogP contribution in [-0.4, -0.2) is 40.4 Å². The molecule has 4 nitrogen and oxygen atoms in total. The quantitative estimate of drug-likeness (QED) is 0.697. The van der Waals surface area contributed by atoms with Crippen LogP contribution < -0.4 is 5.32 Å². The van der Waals surface area contributed by atoms with Crippen molar-refractivity contribution in [3.8, 4) is 0 Å². The van der Waals surface area contributed by atoms with E-state index in [1.54, 1.807) is 0 Å². The minimum Gasteiger partial charge on any atom is -0.347 e.